The molecule has 3 heteroatoms. The molecule has 1 atom stereocenters. The number of hydrogen-bond donors (Lipinski definition) is 1. The van der Waals surface area contributed by atoms with Gasteiger partial charge >= 0.3 is 0 Å². The third kappa shape index (κ3) is 2.60. The molecule has 1 saturated carbocycles. The number of nitrogens with one attached hydrogen (secondary N) is 1. The second kappa shape index (κ2) is 3.93. The van der Waals surface area contributed by atoms with Gasteiger partial charge in [-0.1, -0.05) is 20.8 Å². The minimum absolute atomic E-state index is 0.0296. The Hall–Kier alpha value is 0.190. The van der Waals surface area contributed by atoms with E-state index >= 15 is 0 Å². The second-order valence-corrected chi connectivity index (χ2v) is 7.20. The van der Waals surface area contributed by atoms with E-state index in [1.807, 2.05) is 0 Å². The van der Waals surface area contributed by atoms with E-state index in [1.54, 1.807) is 0 Å². The van der Waals surface area contributed by atoms with Gasteiger partial charge in [0.25, 0.3) is 0 Å². The maximum Gasteiger partial charge on any atom is 0.0856 e. The van der Waals surface area contributed by atoms with E-state index in [2.05, 4.69) is 26.1 Å². The largest absolute Gasteiger partial charge is 0.326 e. The Morgan fingerprint density at radius 2 is 2.08 bits per heavy atom. The molecule has 0 spiro atoms. The van der Waals surface area contributed by atoms with Crippen molar-refractivity contribution in [3.05, 3.63) is 0 Å². The molecule has 1 rings (SSSR count). The second-order valence-electron chi connectivity index (χ2n) is 4.30. The van der Waals surface area contributed by atoms with Gasteiger partial charge in [-0.2, -0.15) is 0 Å². The van der Waals surface area contributed by atoms with Crippen molar-refractivity contribution in [1.29, 1.82) is 0 Å². The Kier molecular flexibility index (Phi) is 3.37. The van der Waals surface area contributed by atoms with Crippen molar-refractivity contribution in [2.24, 2.45) is 0 Å². The summed E-state index contributed by atoms with van der Waals surface area (Å²) in [5, 5.41) is 3.31. The van der Waals surface area contributed by atoms with Crippen LogP contribution in [0.4, 0.5) is 0 Å². The smallest absolute Gasteiger partial charge is 0.0856 e. The van der Waals surface area contributed by atoms with Crippen molar-refractivity contribution in [2.45, 2.75) is 44.4 Å². The molecular formula is C9H20NOP. The maximum absolute atomic E-state index is 11.9. The quantitative estimate of drug-likeness (QED) is 0.671. The normalized spacial score (nSPS) is 20.9. The first-order valence-electron chi connectivity index (χ1n) is 4.83. The van der Waals surface area contributed by atoms with Crippen LogP contribution in [0.2, 0.25) is 0 Å². The molecule has 0 saturated heterocycles. The molecule has 0 aromatic heterocycles. The standard InChI is InChI=1S/C9H20NOP/c1-4-10-7-9(2,3)12(11)8-5-6-8/h8,10,12H,4-7H2,1-3H3. The molecule has 0 heterocycles. The van der Waals surface area contributed by atoms with Crippen LogP contribution in [0.25, 0.3) is 0 Å². The van der Waals surface area contributed by atoms with E-state index in [9.17, 15) is 4.57 Å². The number of hydrogen-bond acceptors (Lipinski definition) is 2. The summed E-state index contributed by atoms with van der Waals surface area (Å²) in [6.45, 7) is 8.20. The Morgan fingerprint density at radius 1 is 1.50 bits per heavy atom. The van der Waals surface area contributed by atoms with Gasteiger partial charge in [0.15, 0.2) is 0 Å². The lowest BCUT2D eigenvalue weighted by molar-refractivity contribution is 0.532. The van der Waals surface area contributed by atoms with Gasteiger partial charge in [-0.3, -0.25) is 0 Å². The molecule has 0 bridgehead atoms. The summed E-state index contributed by atoms with van der Waals surface area (Å²) in [6.07, 6.45) is 2.40. The summed E-state index contributed by atoms with van der Waals surface area (Å²) in [5.74, 6) is 0. The molecular weight excluding hydrogens is 169 g/mol. The van der Waals surface area contributed by atoms with Gasteiger partial charge in [0.05, 0.1) is 7.80 Å². The molecule has 72 valence electrons. The first kappa shape index (κ1) is 10.3. The van der Waals surface area contributed by atoms with Crippen molar-refractivity contribution in [3.8, 4) is 0 Å². The highest BCUT2D eigenvalue weighted by atomic mass is 31.1. The molecule has 0 amide bonds. The fraction of sp³-hybridized carbons (Fsp3) is 1.00. The van der Waals surface area contributed by atoms with Crippen LogP contribution in [0.1, 0.15) is 33.6 Å². The van der Waals surface area contributed by atoms with Crippen LogP contribution >= 0.6 is 7.80 Å². The fourth-order valence-electron chi connectivity index (χ4n) is 1.42. The monoisotopic (exact) mass is 189 g/mol. The van der Waals surface area contributed by atoms with Gasteiger partial charge in [-0.05, 0) is 19.4 Å². The summed E-state index contributed by atoms with van der Waals surface area (Å²) < 4.78 is 11.9. The molecule has 0 aromatic rings. The van der Waals surface area contributed by atoms with Crippen molar-refractivity contribution in [1.82, 2.24) is 5.32 Å². The molecule has 1 aliphatic carbocycles. The van der Waals surface area contributed by atoms with Crippen molar-refractivity contribution in [2.75, 3.05) is 13.1 Å². The molecule has 1 unspecified atom stereocenters. The van der Waals surface area contributed by atoms with Crippen LogP contribution in [0.5, 0.6) is 0 Å². The molecule has 1 N–H and O–H groups in total. The molecule has 1 aliphatic rings. The molecule has 0 radical (unpaired) electrons. The molecule has 0 aliphatic heterocycles. The van der Waals surface area contributed by atoms with E-state index in [0.29, 0.717) is 5.66 Å². The van der Waals surface area contributed by atoms with E-state index in [-0.39, 0.29) is 5.16 Å². The van der Waals surface area contributed by atoms with Crippen molar-refractivity contribution >= 4 is 7.80 Å². The first-order chi connectivity index (χ1) is 5.58. The highest BCUT2D eigenvalue weighted by molar-refractivity contribution is 7.47. The van der Waals surface area contributed by atoms with E-state index in [4.69, 9.17) is 0 Å². The van der Waals surface area contributed by atoms with Crippen molar-refractivity contribution < 1.29 is 4.57 Å². The third-order valence-electron chi connectivity index (χ3n) is 2.43. The van der Waals surface area contributed by atoms with E-state index in [1.165, 1.54) is 12.8 Å². The first-order valence-corrected chi connectivity index (χ1v) is 6.31. The summed E-state index contributed by atoms with van der Waals surface area (Å²) >= 11 is 0. The summed E-state index contributed by atoms with van der Waals surface area (Å²) in [6, 6.07) is 0. The van der Waals surface area contributed by atoms with Crippen molar-refractivity contribution in [3.63, 3.8) is 0 Å². The average molecular weight is 189 g/mol. The van der Waals surface area contributed by atoms with Gasteiger partial charge < -0.3 is 9.88 Å². The van der Waals surface area contributed by atoms with Gasteiger partial charge in [-0.25, -0.2) is 0 Å². The number of rotatable bonds is 5. The topological polar surface area (TPSA) is 29.1 Å². The minimum Gasteiger partial charge on any atom is -0.326 e. The van der Waals surface area contributed by atoms with Crippen LogP contribution in [0.3, 0.4) is 0 Å². The highest BCUT2D eigenvalue weighted by Crippen LogP contribution is 2.53. The lowest BCUT2D eigenvalue weighted by atomic mass is 10.2. The zero-order chi connectivity index (χ0) is 9.19. The Bertz CT molecular complexity index is 175. The van der Waals surface area contributed by atoms with Crippen LogP contribution < -0.4 is 5.32 Å². The average Bonchev–Trinajstić information content (AvgIpc) is 2.82. The predicted octanol–water partition coefficient (Wildman–Crippen LogP) is 2.10. The van der Waals surface area contributed by atoms with E-state index < -0.39 is 7.80 Å². The lowest BCUT2D eigenvalue weighted by Crippen LogP contribution is -2.32. The Morgan fingerprint density at radius 3 is 2.50 bits per heavy atom. The molecule has 0 aromatic carbocycles. The van der Waals surface area contributed by atoms with Gasteiger partial charge in [-0.15, -0.1) is 0 Å². The summed E-state index contributed by atoms with van der Waals surface area (Å²) in [4.78, 5) is 0. The van der Waals surface area contributed by atoms with Gasteiger partial charge in [0.2, 0.25) is 0 Å². The maximum atomic E-state index is 11.9. The van der Waals surface area contributed by atoms with Crippen LogP contribution in [-0.2, 0) is 4.57 Å². The summed E-state index contributed by atoms with van der Waals surface area (Å²) in [5.41, 5.74) is 0.573. The fourth-order valence-corrected chi connectivity index (χ4v) is 3.52. The van der Waals surface area contributed by atoms with Crippen LogP contribution in [0, 0.1) is 0 Å². The summed E-state index contributed by atoms with van der Waals surface area (Å²) in [7, 11) is -1.36. The Balaban J connectivity index is 2.39. The lowest BCUT2D eigenvalue weighted by Gasteiger charge is -2.24. The molecule has 12 heavy (non-hydrogen) atoms. The zero-order valence-corrected chi connectivity index (χ0v) is 9.31. The van der Waals surface area contributed by atoms with Gasteiger partial charge in [0, 0.05) is 17.4 Å². The SMILES string of the molecule is CCNCC(C)(C)[PH](=O)C1CC1. The van der Waals surface area contributed by atoms with Crippen LogP contribution in [-0.4, -0.2) is 23.9 Å². The highest BCUT2D eigenvalue weighted by Gasteiger charge is 2.37. The van der Waals surface area contributed by atoms with E-state index in [0.717, 1.165) is 13.1 Å². The third-order valence-corrected chi connectivity index (χ3v) is 5.26. The molecule has 1 fully saturated rings. The minimum atomic E-state index is -1.36. The zero-order valence-electron chi connectivity index (χ0n) is 8.31. The van der Waals surface area contributed by atoms with Crippen LogP contribution in [0.15, 0.2) is 0 Å². The molecule has 2 nitrogen and oxygen atoms in total. The predicted molar refractivity (Wildman–Crippen MR) is 54.6 cm³/mol. The Labute approximate surface area is 75.9 Å². The van der Waals surface area contributed by atoms with Gasteiger partial charge in [0.1, 0.15) is 0 Å².